The highest BCUT2D eigenvalue weighted by Crippen LogP contribution is 2.27. The minimum Gasteiger partial charge on any atom is -0.376 e. The van der Waals surface area contributed by atoms with Crippen molar-refractivity contribution in [3.63, 3.8) is 0 Å². The van der Waals surface area contributed by atoms with Crippen molar-refractivity contribution in [1.82, 2.24) is 15.2 Å². The van der Waals surface area contributed by atoms with Crippen LogP contribution in [0.1, 0.15) is 36.0 Å². The van der Waals surface area contributed by atoms with E-state index in [0.29, 0.717) is 5.56 Å². The molecule has 0 aliphatic carbocycles. The van der Waals surface area contributed by atoms with Crippen molar-refractivity contribution >= 4 is 34.1 Å². The van der Waals surface area contributed by atoms with Gasteiger partial charge in [0, 0.05) is 44.7 Å². The molecule has 0 spiro atoms. The normalized spacial score (nSPS) is 19.6. The zero-order chi connectivity index (χ0) is 21.1. The first-order valence-electron chi connectivity index (χ1n) is 10.8. The fourth-order valence-electron chi connectivity index (χ4n) is 4.39. The van der Waals surface area contributed by atoms with Crippen LogP contribution in [0.3, 0.4) is 0 Å². The molecule has 0 saturated carbocycles. The van der Waals surface area contributed by atoms with Gasteiger partial charge in [0.15, 0.2) is 5.11 Å². The molecule has 2 aliphatic heterocycles. The predicted octanol–water partition coefficient (Wildman–Crippen LogP) is 3.29. The number of benzene rings is 1. The molecule has 0 amide bonds. The van der Waals surface area contributed by atoms with Crippen LogP contribution in [0.4, 0.5) is 5.82 Å². The SMILES string of the molecule is Cc1cc(C)c2cc(C#N)c(N3CCCN(C(=S)NC[C@H]4CCCO4)CC3)nc2c1. The number of anilines is 1. The highest BCUT2D eigenvalue weighted by molar-refractivity contribution is 7.80. The van der Waals surface area contributed by atoms with Crippen molar-refractivity contribution in [2.75, 3.05) is 44.2 Å². The smallest absolute Gasteiger partial charge is 0.169 e. The van der Waals surface area contributed by atoms with Crippen LogP contribution in [0.15, 0.2) is 18.2 Å². The number of hydrogen-bond donors (Lipinski definition) is 1. The molecular formula is C23H29N5OS. The van der Waals surface area contributed by atoms with Gasteiger partial charge in [0.2, 0.25) is 0 Å². The molecule has 158 valence electrons. The summed E-state index contributed by atoms with van der Waals surface area (Å²) in [6, 6.07) is 8.59. The number of aromatic nitrogens is 1. The molecule has 0 unspecified atom stereocenters. The molecule has 30 heavy (non-hydrogen) atoms. The molecule has 7 heteroatoms. The van der Waals surface area contributed by atoms with Crippen molar-refractivity contribution in [2.45, 2.75) is 39.2 Å². The zero-order valence-corrected chi connectivity index (χ0v) is 18.6. The van der Waals surface area contributed by atoms with E-state index in [1.807, 2.05) is 6.07 Å². The number of nitrogens with one attached hydrogen (secondary N) is 1. The first kappa shape index (κ1) is 20.8. The number of hydrogen-bond acceptors (Lipinski definition) is 5. The molecular weight excluding hydrogens is 394 g/mol. The van der Waals surface area contributed by atoms with Gasteiger partial charge in [0.05, 0.1) is 17.2 Å². The first-order valence-corrected chi connectivity index (χ1v) is 11.2. The van der Waals surface area contributed by atoms with Gasteiger partial charge < -0.3 is 19.9 Å². The lowest BCUT2D eigenvalue weighted by molar-refractivity contribution is 0.113. The van der Waals surface area contributed by atoms with Crippen LogP contribution in [-0.4, -0.2) is 60.4 Å². The summed E-state index contributed by atoms with van der Waals surface area (Å²) in [7, 11) is 0. The Bertz CT molecular complexity index is 980. The summed E-state index contributed by atoms with van der Waals surface area (Å²) in [6.07, 6.45) is 3.49. The lowest BCUT2D eigenvalue weighted by Crippen LogP contribution is -2.44. The zero-order valence-electron chi connectivity index (χ0n) is 17.8. The number of nitriles is 1. The maximum Gasteiger partial charge on any atom is 0.169 e. The molecule has 2 saturated heterocycles. The fourth-order valence-corrected chi connectivity index (χ4v) is 4.66. The van der Waals surface area contributed by atoms with Gasteiger partial charge in [-0.15, -0.1) is 0 Å². The van der Waals surface area contributed by atoms with Crippen LogP contribution in [0.25, 0.3) is 10.9 Å². The van der Waals surface area contributed by atoms with Crippen LogP contribution in [0, 0.1) is 25.2 Å². The summed E-state index contributed by atoms with van der Waals surface area (Å²) in [6.45, 7) is 9.17. The summed E-state index contributed by atoms with van der Waals surface area (Å²) in [5.74, 6) is 0.787. The largest absolute Gasteiger partial charge is 0.376 e. The second kappa shape index (κ2) is 9.15. The number of ether oxygens (including phenoxy) is 1. The molecule has 2 aromatic rings. The monoisotopic (exact) mass is 423 g/mol. The van der Waals surface area contributed by atoms with Gasteiger partial charge in [0.25, 0.3) is 0 Å². The number of pyridine rings is 1. The van der Waals surface area contributed by atoms with E-state index in [4.69, 9.17) is 21.9 Å². The van der Waals surface area contributed by atoms with E-state index >= 15 is 0 Å². The number of aryl methyl sites for hydroxylation is 2. The average Bonchev–Trinajstić information content (AvgIpc) is 3.13. The Hall–Kier alpha value is -2.43. The summed E-state index contributed by atoms with van der Waals surface area (Å²) in [5, 5.41) is 15.0. The number of fused-ring (bicyclic) bond motifs is 1. The van der Waals surface area contributed by atoms with Crippen molar-refractivity contribution in [1.29, 1.82) is 5.26 Å². The van der Waals surface area contributed by atoms with Gasteiger partial charge in [-0.1, -0.05) is 6.07 Å². The third-order valence-corrected chi connectivity index (χ3v) is 6.38. The van der Waals surface area contributed by atoms with Crippen molar-refractivity contribution < 1.29 is 4.74 Å². The molecule has 4 rings (SSSR count). The topological polar surface area (TPSA) is 64.4 Å². The average molecular weight is 424 g/mol. The lowest BCUT2D eigenvalue weighted by Gasteiger charge is -2.26. The standard InChI is InChI=1S/C23H29N5OS/c1-16-11-17(2)20-13-18(14-24)22(26-21(20)12-16)27-6-4-7-28(9-8-27)23(30)25-15-19-5-3-10-29-19/h11-13,19H,3-10,15H2,1-2H3,(H,25,30)/t19-/m1/s1. The van der Waals surface area contributed by atoms with Crippen LogP contribution in [0.2, 0.25) is 0 Å². The van der Waals surface area contributed by atoms with Gasteiger partial charge >= 0.3 is 0 Å². The Kier molecular flexibility index (Phi) is 6.35. The molecule has 6 nitrogen and oxygen atoms in total. The molecule has 0 bridgehead atoms. The highest BCUT2D eigenvalue weighted by atomic mass is 32.1. The van der Waals surface area contributed by atoms with Gasteiger partial charge in [-0.2, -0.15) is 5.26 Å². The van der Waals surface area contributed by atoms with E-state index in [9.17, 15) is 5.26 Å². The Balaban J connectivity index is 1.48. The van der Waals surface area contributed by atoms with E-state index in [1.165, 1.54) is 5.56 Å². The second-order valence-corrected chi connectivity index (χ2v) is 8.66. The molecule has 2 aliphatic rings. The molecule has 1 N–H and O–H groups in total. The minimum atomic E-state index is 0.276. The van der Waals surface area contributed by atoms with Crippen LogP contribution in [0.5, 0.6) is 0 Å². The Labute approximate surface area is 183 Å². The van der Waals surface area contributed by atoms with Crippen LogP contribution in [-0.2, 0) is 4.74 Å². The predicted molar refractivity (Wildman–Crippen MR) is 124 cm³/mol. The van der Waals surface area contributed by atoms with Crippen molar-refractivity contribution in [3.8, 4) is 6.07 Å². The number of rotatable bonds is 3. The maximum absolute atomic E-state index is 9.77. The van der Waals surface area contributed by atoms with E-state index in [0.717, 1.165) is 86.0 Å². The molecule has 1 aromatic carbocycles. The molecule has 3 heterocycles. The van der Waals surface area contributed by atoms with Gasteiger partial charge in [-0.25, -0.2) is 4.98 Å². The highest BCUT2D eigenvalue weighted by Gasteiger charge is 2.22. The van der Waals surface area contributed by atoms with E-state index in [-0.39, 0.29) is 6.10 Å². The molecule has 2 fully saturated rings. The van der Waals surface area contributed by atoms with Gasteiger partial charge in [-0.05, 0) is 68.6 Å². The third-order valence-electron chi connectivity index (χ3n) is 5.97. The fraction of sp³-hybridized carbons (Fsp3) is 0.522. The van der Waals surface area contributed by atoms with E-state index < -0.39 is 0 Å². The van der Waals surface area contributed by atoms with E-state index in [1.54, 1.807) is 0 Å². The summed E-state index contributed by atoms with van der Waals surface area (Å²) in [4.78, 5) is 9.37. The number of thiocarbonyl (C=S) groups is 1. The summed E-state index contributed by atoms with van der Waals surface area (Å²) < 4.78 is 5.68. The lowest BCUT2D eigenvalue weighted by atomic mass is 10.0. The number of nitrogens with zero attached hydrogens (tertiary/aromatic N) is 4. The Morgan fingerprint density at radius 2 is 2.10 bits per heavy atom. The minimum absolute atomic E-state index is 0.276. The molecule has 1 aromatic heterocycles. The van der Waals surface area contributed by atoms with Crippen LogP contribution < -0.4 is 10.2 Å². The van der Waals surface area contributed by atoms with Crippen molar-refractivity contribution in [3.05, 3.63) is 34.9 Å². The van der Waals surface area contributed by atoms with Gasteiger partial charge in [0.1, 0.15) is 11.9 Å². The quantitative estimate of drug-likeness (QED) is 0.760. The third kappa shape index (κ3) is 4.50. The summed E-state index contributed by atoms with van der Waals surface area (Å²) >= 11 is 5.64. The Morgan fingerprint density at radius 3 is 2.87 bits per heavy atom. The first-order chi connectivity index (χ1) is 14.5. The second-order valence-electron chi connectivity index (χ2n) is 8.27. The van der Waals surface area contributed by atoms with Gasteiger partial charge in [-0.3, -0.25) is 0 Å². The summed E-state index contributed by atoms with van der Waals surface area (Å²) in [5.41, 5.74) is 3.94. The molecule has 1 atom stereocenters. The Morgan fingerprint density at radius 1 is 1.23 bits per heavy atom. The van der Waals surface area contributed by atoms with Crippen LogP contribution >= 0.6 is 12.2 Å². The molecule has 0 radical (unpaired) electrons. The maximum atomic E-state index is 9.77. The van der Waals surface area contributed by atoms with E-state index in [2.05, 4.69) is 47.2 Å². The van der Waals surface area contributed by atoms with Crippen molar-refractivity contribution in [2.24, 2.45) is 0 Å².